The van der Waals surface area contributed by atoms with Crippen LogP contribution >= 0.6 is 0 Å². The van der Waals surface area contributed by atoms with Crippen LogP contribution in [0.4, 0.5) is 0 Å². The lowest BCUT2D eigenvalue weighted by molar-refractivity contribution is 0.0598. The first-order valence-corrected chi connectivity index (χ1v) is 6.94. The molecule has 0 spiro atoms. The Morgan fingerprint density at radius 1 is 1.00 bits per heavy atom. The molecule has 5 nitrogen and oxygen atoms in total. The van der Waals surface area contributed by atoms with Crippen molar-refractivity contribution < 1.29 is 18.7 Å². The molecule has 0 radical (unpaired) electrons. The number of hydrogen-bond donors (Lipinski definition) is 0. The third-order valence-corrected chi connectivity index (χ3v) is 3.54. The van der Waals surface area contributed by atoms with E-state index in [1.807, 2.05) is 0 Å². The van der Waals surface area contributed by atoms with E-state index in [4.69, 9.17) is 13.9 Å². The molecular formula is C18H14O5. The second-order valence-electron chi connectivity index (χ2n) is 4.85. The molecule has 23 heavy (non-hydrogen) atoms. The van der Waals surface area contributed by atoms with E-state index in [9.17, 15) is 9.59 Å². The van der Waals surface area contributed by atoms with Crippen LogP contribution < -0.4 is 10.2 Å². The molecule has 1 aromatic heterocycles. The summed E-state index contributed by atoms with van der Waals surface area (Å²) in [5, 5.41) is 0.338. The highest BCUT2D eigenvalue weighted by Gasteiger charge is 2.22. The Bertz CT molecular complexity index is 922. The quantitative estimate of drug-likeness (QED) is 0.695. The number of fused-ring (bicyclic) bond motifs is 1. The third-order valence-electron chi connectivity index (χ3n) is 3.54. The van der Waals surface area contributed by atoms with Crippen molar-refractivity contribution in [2.45, 2.75) is 0 Å². The van der Waals surface area contributed by atoms with Gasteiger partial charge in [0.1, 0.15) is 11.3 Å². The second-order valence-corrected chi connectivity index (χ2v) is 4.85. The highest BCUT2D eigenvalue weighted by molar-refractivity contribution is 5.99. The number of hydrogen-bond acceptors (Lipinski definition) is 5. The van der Waals surface area contributed by atoms with Gasteiger partial charge in [0, 0.05) is 5.56 Å². The van der Waals surface area contributed by atoms with Crippen molar-refractivity contribution >= 4 is 16.9 Å². The summed E-state index contributed by atoms with van der Waals surface area (Å²) < 4.78 is 15.7. The number of para-hydroxylation sites is 1. The molecular weight excluding hydrogens is 296 g/mol. The highest BCUT2D eigenvalue weighted by Crippen LogP contribution is 2.28. The van der Waals surface area contributed by atoms with Crippen LogP contribution in [-0.2, 0) is 4.74 Å². The van der Waals surface area contributed by atoms with Crippen LogP contribution in [0.25, 0.3) is 22.3 Å². The number of methoxy groups -OCH3 is 2. The van der Waals surface area contributed by atoms with Crippen molar-refractivity contribution in [1.29, 1.82) is 0 Å². The van der Waals surface area contributed by atoms with Gasteiger partial charge in [-0.05, 0) is 36.4 Å². The van der Waals surface area contributed by atoms with Gasteiger partial charge in [-0.2, -0.15) is 0 Å². The predicted molar refractivity (Wildman–Crippen MR) is 85.8 cm³/mol. The van der Waals surface area contributed by atoms with Crippen molar-refractivity contribution in [2.24, 2.45) is 0 Å². The molecule has 3 rings (SSSR count). The SMILES string of the molecule is COC(=O)c1c(-c2ccc(OC)cc2)oc2ccccc2c1=O. The van der Waals surface area contributed by atoms with Crippen LogP contribution in [0, 0.1) is 0 Å². The van der Waals surface area contributed by atoms with Crippen molar-refractivity contribution in [3.05, 3.63) is 64.3 Å². The molecule has 0 unspecified atom stereocenters. The molecule has 0 amide bonds. The molecule has 0 aliphatic carbocycles. The molecule has 116 valence electrons. The monoisotopic (exact) mass is 310 g/mol. The summed E-state index contributed by atoms with van der Waals surface area (Å²) in [7, 11) is 2.79. The van der Waals surface area contributed by atoms with Crippen LogP contribution in [-0.4, -0.2) is 20.2 Å². The van der Waals surface area contributed by atoms with E-state index in [0.717, 1.165) is 0 Å². The van der Waals surface area contributed by atoms with Gasteiger partial charge in [0.15, 0.2) is 11.3 Å². The second kappa shape index (κ2) is 5.96. The van der Waals surface area contributed by atoms with Gasteiger partial charge in [-0.3, -0.25) is 4.79 Å². The van der Waals surface area contributed by atoms with E-state index in [1.54, 1.807) is 55.6 Å². The molecule has 0 bridgehead atoms. The Morgan fingerprint density at radius 2 is 1.70 bits per heavy atom. The van der Waals surface area contributed by atoms with Crippen LogP contribution in [0.15, 0.2) is 57.7 Å². The van der Waals surface area contributed by atoms with E-state index in [-0.39, 0.29) is 11.3 Å². The van der Waals surface area contributed by atoms with Crippen molar-refractivity contribution in [3.8, 4) is 17.1 Å². The zero-order chi connectivity index (χ0) is 16.4. The number of carbonyl (C=O) groups excluding carboxylic acids is 1. The lowest BCUT2D eigenvalue weighted by Crippen LogP contribution is -2.18. The fraction of sp³-hybridized carbons (Fsp3) is 0.111. The van der Waals surface area contributed by atoms with E-state index < -0.39 is 11.4 Å². The minimum absolute atomic E-state index is 0.114. The maximum Gasteiger partial charge on any atom is 0.345 e. The molecule has 0 atom stereocenters. The number of rotatable bonds is 3. The van der Waals surface area contributed by atoms with E-state index in [0.29, 0.717) is 22.3 Å². The molecule has 0 aliphatic heterocycles. The van der Waals surface area contributed by atoms with Gasteiger partial charge < -0.3 is 13.9 Å². The number of ether oxygens (including phenoxy) is 2. The highest BCUT2D eigenvalue weighted by atomic mass is 16.5. The van der Waals surface area contributed by atoms with Gasteiger partial charge in [0.25, 0.3) is 0 Å². The maximum atomic E-state index is 12.7. The molecule has 0 aliphatic rings. The summed E-state index contributed by atoms with van der Waals surface area (Å²) in [6.45, 7) is 0. The van der Waals surface area contributed by atoms with Crippen LogP contribution in [0.3, 0.4) is 0 Å². The number of benzene rings is 2. The first-order chi connectivity index (χ1) is 11.2. The van der Waals surface area contributed by atoms with Crippen molar-refractivity contribution in [1.82, 2.24) is 0 Å². The molecule has 0 saturated heterocycles. The third kappa shape index (κ3) is 2.57. The molecule has 5 heteroatoms. The standard InChI is InChI=1S/C18H14O5/c1-21-12-9-7-11(8-10-12)17-15(18(20)22-2)16(19)13-5-3-4-6-14(13)23-17/h3-10H,1-2H3. The Labute approximate surface area is 132 Å². The first-order valence-electron chi connectivity index (χ1n) is 6.94. The summed E-state index contributed by atoms with van der Waals surface area (Å²) in [5.74, 6) is 0.120. The molecule has 0 N–H and O–H groups in total. The van der Waals surface area contributed by atoms with E-state index >= 15 is 0 Å². The predicted octanol–water partition coefficient (Wildman–Crippen LogP) is 3.26. The average Bonchev–Trinajstić information content (AvgIpc) is 2.61. The maximum absolute atomic E-state index is 12.7. The zero-order valence-electron chi connectivity index (χ0n) is 12.7. The Kier molecular flexibility index (Phi) is 3.85. The van der Waals surface area contributed by atoms with Crippen molar-refractivity contribution in [2.75, 3.05) is 14.2 Å². The van der Waals surface area contributed by atoms with Crippen molar-refractivity contribution in [3.63, 3.8) is 0 Å². The van der Waals surface area contributed by atoms with Gasteiger partial charge in [-0.25, -0.2) is 4.79 Å². The van der Waals surface area contributed by atoms with Gasteiger partial charge in [-0.15, -0.1) is 0 Å². The van der Waals surface area contributed by atoms with Gasteiger partial charge in [0.2, 0.25) is 5.43 Å². The summed E-state index contributed by atoms with van der Waals surface area (Å²) in [4.78, 5) is 24.7. The minimum Gasteiger partial charge on any atom is -0.497 e. The fourth-order valence-electron chi connectivity index (χ4n) is 2.38. The lowest BCUT2D eigenvalue weighted by atomic mass is 10.0. The van der Waals surface area contributed by atoms with Crippen LogP contribution in [0.1, 0.15) is 10.4 Å². The molecule has 3 aromatic rings. The zero-order valence-corrected chi connectivity index (χ0v) is 12.7. The Morgan fingerprint density at radius 3 is 2.35 bits per heavy atom. The minimum atomic E-state index is -0.727. The van der Waals surface area contributed by atoms with Crippen LogP contribution in [0.5, 0.6) is 5.75 Å². The average molecular weight is 310 g/mol. The number of esters is 1. The molecule has 0 fully saturated rings. The summed E-state index contributed by atoms with van der Waals surface area (Å²) in [5.41, 5.74) is 0.478. The summed E-state index contributed by atoms with van der Waals surface area (Å²) in [6, 6.07) is 13.7. The fourth-order valence-corrected chi connectivity index (χ4v) is 2.38. The molecule has 0 saturated carbocycles. The topological polar surface area (TPSA) is 65.7 Å². The summed E-state index contributed by atoms with van der Waals surface area (Å²) in [6.07, 6.45) is 0. The Hall–Kier alpha value is -3.08. The van der Waals surface area contributed by atoms with Gasteiger partial charge >= 0.3 is 5.97 Å². The Balaban J connectivity index is 2.33. The summed E-state index contributed by atoms with van der Waals surface area (Å²) >= 11 is 0. The largest absolute Gasteiger partial charge is 0.497 e. The molecule has 2 aromatic carbocycles. The van der Waals surface area contributed by atoms with Gasteiger partial charge in [0.05, 0.1) is 19.6 Å². The normalized spacial score (nSPS) is 10.5. The lowest BCUT2D eigenvalue weighted by Gasteiger charge is -2.09. The number of carbonyl (C=O) groups is 1. The molecule has 1 heterocycles. The van der Waals surface area contributed by atoms with E-state index in [1.165, 1.54) is 7.11 Å². The first kappa shape index (κ1) is 14.8. The smallest absolute Gasteiger partial charge is 0.345 e. The van der Waals surface area contributed by atoms with Gasteiger partial charge in [-0.1, -0.05) is 12.1 Å². The van der Waals surface area contributed by atoms with Crippen LogP contribution in [0.2, 0.25) is 0 Å². The van der Waals surface area contributed by atoms with E-state index in [2.05, 4.69) is 0 Å².